The number of piperidine rings is 1. The number of rotatable bonds is 6. The molecule has 1 fully saturated rings. The third-order valence-corrected chi connectivity index (χ3v) is 5.47. The summed E-state index contributed by atoms with van der Waals surface area (Å²) in [6, 6.07) is 14.8. The number of amides is 2. The van der Waals surface area contributed by atoms with Crippen LogP contribution >= 0.6 is 0 Å². The van der Waals surface area contributed by atoms with Gasteiger partial charge in [-0.05, 0) is 61.9 Å². The van der Waals surface area contributed by atoms with E-state index in [1.165, 1.54) is 0 Å². The standard InChI is InChI=1S/C24H30N2O3/c1-4-21(29-22-11-6-5-8-18(22)3)23(27)25-20-10-7-9-19(16-20)24(28)26-14-12-17(2)13-15-26/h5-11,16-17,21H,4,12-15H2,1-3H3,(H,25,27). The van der Waals surface area contributed by atoms with Crippen LogP contribution in [-0.4, -0.2) is 35.9 Å². The fraction of sp³-hybridized carbons (Fsp3) is 0.417. The molecule has 1 unspecified atom stereocenters. The van der Waals surface area contributed by atoms with E-state index in [1.807, 2.05) is 43.0 Å². The first-order valence-electron chi connectivity index (χ1n) is 10.4. The van der Waals surface area contributed by atoms with Crippen molar-refractivity contribution in [2.45, 2.75) is 46.1 Å². The van der Waals surface area contributed by atoms with Crippen molar-refractivity contribution in [2.24, 2.45) is 5.92 Å². The predicted molar refractivity (Wildman–Crippen MR) is 115 cm³/mol. The van der Waals surface area contributed by atoms with E-state index in [-0.39, 0.29) is 11.8 Å². The van der Waals surface area contributed by atoms with Gasteiger partial charge in [0.2, 0.25) is 0 Å². The lowest BCUT2D eigenvalue weighted by Crippen LogP contribution is -2.38. The number of ether oxygens (including phenoxy) is 1. The van der Waals surface area contributed by atoms with E-state index in [1.54, 1.807) is 24.3 Å². The summed E-state index contributed by atoms with van der Waals surface area (Å²) < 4.78 is 5.92. The number of para-hydroxylation sites is 1. The molecule has 2 aromatic rings. The molecule has 1 N–H and O–H groups in total. The number of likely N-dealkylation sites (tertiary alicyclic amines) is 1. The lowest BCUT2D eigenvalue weighted by Gasteiger charge is -2.30. The van der Waals surface area contributed by atoms with Crippen molar-refractivity contribution in [1.82, 2.24) is 4.90 Å². The van der Waals surface area contributed by atoms with E-state index in [0.717, 1.165) is 31.5 Å². The first-order chi connectivity index (χ1) is 14.0. The van der Waals surface area contributed by atoms with Crippen LogP contribution in [0, 0.1) is 12.8 Å². The van der Waals surface area contributed by atoms with Crippen LogP contribution in [0.3, 0.4) is 0 Å². The molecule has 3 rings (SSSR count). The maximum atomic E-state index is 12.8. The van der Waals surface area contributed by atoms with Gasteiger partial charge < -0.3 is 15.0 Å². The lowest BCUT2D eigenvalue weighted by molar-refractivity contribution is -0.122. The highest BCUT2D eigenvalue weighted by atomic mass is 16.5. The number of nitrogens with zero attached hydrogens (tertiary/aromatic N) is 1. The molecule has 0 aromatic heterocycles. The van der Waals surface area contributed by atoms with Crippen molar-refractivity contribution in [1.29, 1.82) is 0 Å². The van der Waals surface area contributed by atoms with E-state index < -0.39 is 6.10 Å². The highest BCUT2D eigenvalue weighted by Gasteiger charge is 2.23. The van der Waals surface area contributed by atoms with Gasteiger partial charge in [0, 0.05) is 24.3 Å². The maximum absolute atomic E-state index is 12.8. The summed E-state index contributed by atoms with van der Waals surface area (Å²) in [4.78, 5) is 27.4. The first-order valence-corrected chi connectivity index (χ1v) is 10.4. The van der Waals surface area contributed by atoms with Crippen molar-refractivity contribution >= 4 is 17.5 Å². The number of nitrogens with one attached hydrogen (secondary N) is 1. The predicted octanol–water partition coefficient (Wildman–Crippen LogP) is 4.66. The van der Waals surface area contributed by atoms with Gasteiger partial charge in [-0.2, -0.15) is 0 Å². The summed E-state index contributed by atoms with van der Waals surface area (Å²) in [6.07, 6.45) is 2.02. The van der Waals surface area contributed by atoms with Crippen molar-refractivity contribution in [3.63, 3.8) is 0 Å². The largest absolute Gasteiger partial charge is 0.480 e. The Kier molecular flexibility index (Phi) is 6.91. The molecule has 1 atom stereocenters. The summed E-state index contributed by atoms with van der Waals surface area (Å²) in [7, 11) is 0. The maximum Gasteiger partial charge on any atom is 0.265 e. The summed E-state index contributed by atoms with van der Waals surface area (Å²) in [5.41, 5.74) is 2.20. The molecule has 29 heavy (non-hydrogen) atoms. The number of hydrogen-bond acceptors (Lipinski definition) is 3. The van der Waals surface area contributed by atoms with Gasteiger partial charge in [0.15, 0.2) is 6.10 Å². The minimum absolute atomic E-state index is 0.0243. The molecule has 2 aromatic carbocycles. The molecule has 1 aliphatic heterocycles. The molecule has 0 spiro atoms. The number of benzene rings is 2. The van der Waals surface area contributed by atoms with Crippen molar-refractivity contribution in [3.05, 3.63) is 59.7 Å². The average molecular weight is 395 g/mol. The normalized spacial score (nSPS) is 15.6. The summed E-state index contributed by atoms with van der Waals surface area (Å²) in [5.74, 6) is 1.19. The van der Waals surface area contributed by atoms with Gasteiger partial charge in [0.05, 0.1) is 0 Å². The molecule has 154 valence electrons. The zero-order valence-corrected chi connectivity index (χ0v) is 17.5. The third-order valence-electron chi connectivity index (χ3n) is 5.47. The zero-order chi connectivity index (χ0) is 20.8. The van der Waals surface area contributed by atoms with Gasteiger partial charge in [0.1, 0.15) is 5.75 Å². The highest BCUT2D eigenvalue weighted by molar-refractivity contribution is 5.98. The minimum atomic E-state index is -0.598. The second-order valence-electron chi connectivity index (χ2n) is 7.83. The molecule has 1 heterocycles. The number of carbonyl (C=O) groups excluding carboxylic acids is 2. The molecule has 5 heteroatoms. The van der Waals surface area contributed by atoms with Gasteiger partial charge in [-0.25, -0.2) is 0 Å². The molecule has 5 nitrogen and oxygen atoms in total. The summed E-state index contributed by atoms with van der Waals surface area (Å²) >= 11 is 0. The summed E-state index contributed by atoms with van der Waals surface area (Å²) in [6.45, 7) is 7.68. The fourth-order valence-electron chi connectivity index (χ4n) is 3.51. The SMILES string of the molecule is CCC(Oc1ccccc1C)C(=O)Nc1cccc(C(=O)N2CCC(C)CC2)c1. The highest BCUT2D eigenvalue weighted by Crippen LogP contribution is 2.21. The Bertz CT molecular complexity index is 857. The zero-order valence-electron chi connectivity index (χ0n) is 17.5. The lowest BCUT2D eigenvalue weighted by atomic mass is 9.98. The molecule has 1 saturated heterocycles. The van der Waals surface area contributed by atoms with E-state index in [0.29, 0.717) is 29.3 Å². The summed E-state index contributed by atoms with van der Waals surface area (Å²) in [5, 5.41) is 2.90. The van der Waals surface area contributed by atoms with E-state index in [9.17, 15) is 9.59 Å². The molecule has 2 amide bonds. The van der Waals surface area contributed by atoms with Crippen LogP contribution < -0.4 is 10.1 Å². The van der Waals surface area contributed by atoms with E-state index >= 15 is 0 Å². The smallest absolute Gasteiger partial charge is 0.265 e. The number of anilines is 1. The fourth-order valence-corrected chi connectivity index (χ4v) is 3.51. The Morgan fingerprint density at radius 2 is 1.86 bits per heavy atom. The van der Waals surface area contributed by atoms with Crippen LogP contribution in [0.15, 0.2) is 48.5 Å². The van der Waals surface area contributed by atoms with Crippen LogP contribution in [0.2, 0.25) is 0 Å². The van der Waals surface area contributed by atoms with E-state index in [4.69, 9.17) is 4.74 Å². The second-order valence-corrected chi connectivity index (χ2v) is 7.83. The van der Waals surface area contributed by atoms with Crippen molar-refractivity contribution in [3.8, 4) is 5.75 Å². The van der Waals surface area contributed by atoms with Crippen LogP contribution in [0.25, 0.3) is 0 Å². The number of hydrogen-bond donors (Lipinski definition) is 1. The monoisotopic (exact) mass is 394 g/mol. The molecular weight excluding hydrogens is 364 g/mol. The average Bonchev–Trinajstić information content (AvgIpc) is 2.73. The number of carbonyl (C=O) groups is 2. The molecule has 1 aliphatic rings. The molecule has 0 saturated carbocycles. The van der Waals surface area contributed by atoms with Crippen LogP contribution in [-0.2, 0) is 4.79 Å². The van der Waals surface area contributed by atoms with Gasteiger partial charge in [0.25, 0.3) is 11.8 Å². The number of aryl methyl sites for hydroxylation is 1. The topological polar surface area (TPSA) is 58.6 Å². The Balaban J connectivity index is 1.66. The van der Waals surface area contributed by atoms with Crippen LogP contribution in [0.5, 0.6) is 5.75 Å². The third kappa shape index (κ3) is 5.37. The minimum Gasteiger partial charge on any atom is -0.480 e. The van der Waals surface area contributed by atoms with Crippen molar-refractivity contribution in [2.75, 3.05) is 18.4 Å². The van der Waals surface area contributed by atoms with Crippen molar-refractivity contribution < 1.29 is 14.3 Å². The van der Waals surface area contributed by atoms with Crippen LogP contribution in [0.1, 0.15) is 49.0 Å². The molecule has 0 bridgehead atoms. The van der Waals surface area contributed by atoms with Gasteiger partial charge in [-0.15, -0.1) is 0 Å². The van der Waals surface area contributed by atoms with E-state index in [2.05, 4.69) is 12.2 Å². The molecular formula is C24H30N2O3. The van der Waals surface area contributed by atoms with Crippen LogP contribution in [0.4, 0.5) is 5.69 Å². The van der Waals surface area contributed by atoms with Gasteiger partial charge in [-0.3, -0.25) is 9.59 Å². The second kappa shape index (κ2) is 9.59. The first kappa shape index (κ1) is 20.9. The molecule has 0 aliphatic carbocycles. The Morgan fingerprint density at radius 3 is 2.55 bits per heavy atom. The van der Waals surface area contributed by atoms with Gasteiger partial charge in [-0.1, -0.05) is 38.1 Å². The quantitative estimate of drug-likeness (QED) is 0.775. The van der Waals surface area contributed by atoms with Gasteiger partial charge >= 0.3 is 0 Å². The Labute approximate surface area is 173 Å². The Morgan fingerprint density at radius 1 is 1.14 bits per heavy atom. The molecule has 0 radical (unpaired) electrons. The Hall–Kier alpha value is -2.82.